The fourth-order valence-corrected chi connectivity index (χ4v) is 5.30. The number of fused-ring (bicyclic) bond motifs is 4. The third-order valence-electron chi connectivity index (χ3n) is 5.80. The second-order valence-electron chi connectivity index (χ2n) is 7.83. The lowest BCUT2D eigenvalue weighted by Crippen LogP contribution is -2.21. The van der Waals surface area contributed by atoms with E-state index < -0.39 is 0 Å². The molecule has 6 rings (SSSR count). The van der Waals surface area contributed by atoms with Gasteiger partial charge in [0.2, 0.25) is 5.95 Å². The Balaban J connectivity index is 1.64. The van der Waals surface area contributed by atoms with E-state index in [9.17, 15) is 0 Å². The zero-order valence-electron chi connectivity index (χ0n) is 17.8. The van der Waals surface area contributed by atoms with Gasteiger partial charge >= 0.3 is 0 Å². The molecule has 0 atom stereocenters. The molecule has 0 aliphatic carbocycles. The summed E-state index contributed by atoms with van der Waals surface area (Å²) in [6.07, 6.45) is 11.9. The average molecular weight is 445 g/mol. The van der Waals surface area contributed by atoms with Gasteiger partial charge in [-0.15, -0.1) is 11.3 Å². The SMILES string of the molecule is C=C1/C=C\C=C/CN(c2nc(-c3ccncc3)c3c(n2)sc2ccccc23)c2ccccc21. The van der Waals surface area contributed by atoms with Crippen molar-refractivity contribution in [3.63, 3.8) is 0 Å². The van der Waals surface area contributed by atoms with Crippen molar-refractivity contribution in [3.05, 3.63) is 110 Å². The highest BCUT2D eigenvalue weighted by Gasteiger charge is 2.21. The molecule has 4 nitrogen and oxygen atoms in total. The number of nitrogens with zero attached hydrogens (tertiary/aromatic N) is 4. The Morgan fingerprint density at radius 3 is 2.61 bits per heavy atom. The van der Waals surface area contributed by atoms with Gasteiger partial charge in [0, 0.05) is 45.5 Å². The molecule has 0 saturated heterocycles. The maximum atomic E-state index is 5.15. The fraction of sp³-hybridized carbons (Fsp3) is 0.0357. The third kappa shape index (κ3) is 3.43. The molecule has 0 unspecified atom stereocenters. The van der Waals surface area contributed by atoms with Crippen molar-refractivity contribution < 1.29 is 0 Å². The molecule has 0 radical (unpaired) electrons. The van der Waals surface area contributed by atoms with Gasteiger partial charge in [-0.25, -0.2) is 9.97 Å². The predicted octanol–water partition coefficient (Wildman–Crippen LogP) is 7.18. The Kier molecular flexibility index (Phi) is 4.82. The van der Waals surface area contributed by atoms with Gasteiger partial charge in [0.25, 0.3) is 0 Å². The summed E-state index contributed by atoms with van der Waals surface area (Å²) in [6.45, 7) is 4.93. The summed E-state index contributed by atoms with van der Waals surface area (Å²) in [7, 11) is 0. The van der Waals surface area contributed by atoms with Crippen LogP contribution in [-0.2, 0) is 0 Å². The minimum absolute atomic E-state index is 0.654. The standard InChI is InChI=1S/C28H20N4S/c1-19-9-3-2-8-18-32(23-12-6-4-10-21(19)23)28-30-26(20-14-16-29-17-15-20)25-22-11-5-7-13-24(22)33-27(25)31-28/h2-17H,1,18H2/b8-2-,9-3-. The summed E-state index contributed by atoms with van der Waals surface area (Å²) >= 11 is 1.70. The maximum absolute atomic E-state index is 5.15. The van der Waals surface area contributed by atoms with E-state index in [2.05, 4.69) is 58.9 Å². The number of rotatable bonds is 2. The molecular weight excluding hydrogens is 424 g/mol. The monoisotopic (exact) mass is 444 g/mol. The minimum atomic E-state index is 0.654. The lowest BCUT2D eigenvalue weighted by Gasteiger charge is -2.24. The van der Waals surface area contributed by atoms with Gasteiger partial charge in [0.05, 0.1) is 11.4 Å². The number of para-hydroxylation sites is 1. The number of pyridine rings is 1. The Morgan fingerprint density at radius 1 is 0.879 bits per heavy atom. The number of allylic oxidation sites excluding steroid dienone is 4. The Morgan fingerprint density at radius 2 is 1.70 bits per heavy atom. The molecule has 1 aliphatic rings. The van der Waals surface area contributed by atoms with Gasteiger partial charge in [-0.1, -0.05) is 67.3 Å². The van der Waals surface area contributed by atoms with Crippen molar-refractivity contribution in [2.75, 3.05) is 11.4 Å². The zero-order chi connectivity index (χ0) is 22.2. The Hall–Kier alpha value is -4.09. The number of aromatic nitrogens is 3. The van der Waals surface area contributed by atoms with Crippen LogP contribution in [0.3, 0.4) is 0 Å². The van der Waals surface area contributed by atoms with Crippen LogP contribution in [0.15, 0.2) is 104 Å². The third-order valence-corrected chi connectivity index (χ3v) is 6.86. The highest BCUT2D eigenvalue weighted by atomic mass is 32.1. The second kappa shape index (κ2) is 8.11. The largest absolute Gasteiger partial charge is 0.306 e. The smallest absolute Gasteiger partial charge is 0.232 e. The molecule has 0 fully saturated rings. The van der Waals surface area contributed by atoms with Gasteiger partial charge in [-0.2, -0.15) is 0 Å². The molecule has 0 N–H and O–H groups in total. The molecule has 1 aliphatic heterocycles. The van der Waals surface area contributed by atoms with E-state index in [1.807, 2.05) is 54.9 Å². The van der Waals surface area contributed by atoms with Gasteiger partial charge in [0.15, 0.2) is 0 Å². The normalized spacial score (nSPS) is 15.6. The Labute approximate surface area is 195 Å². The molecule has 5 heteroatoms. The van der Waals surface area contributed by atoms with Crippen molar-refractivity contribution in [2.45, 2.75) is 0 Å². The molecule has 0 saturated carbocycles. The van der Waals surface area contributed by atoms with Crippen LogP contribution < -0.4 is 4.90 Å². The van der Waals surface area contributed by atoms with Crippen molar-refractivity contribution in [1.82, 2.24) is 15.0 Å². The van der Waals surface area contributed by atoms with Crippen LogP contribution in [0.25, 0.3) is 37.1 Å². The predicted molar refractivity (Wildman–Crippen MR) is 139 cm³/mol. The van der Waals surface area contributed by atoms with Crippen molar-refractivity contribution >= 4 is 48.8 Å². The topological polar surface area (TPSA) is 41.9 Å². The first-order valence-corrected chi connectivity index (χ1v) is 11.6. The number of anilines is 2. The summed E-state index contributed by atoms with van der Waals surface area (Å²) in [5, 5.41) is 2.27. The summed E-state index contributed by atoms with van der Waals surface area (Å²) in [4.78, 5) is 17.6. The minimum Gasteiger partial charge on any atom is -0.306 e. The first-order valence-electron chi connectivity index (χ1n) is 10.8. The van der Waals surface area contributed by atoms with E-state index in [1.54, 1.807) is 11.3 Å². The molecule has 2 aromatic carbocycles. The molecule has 0 amide bonds. The lowest BCUT2D eigenvalue weighted by molar-refractivity contribution is 1.01. The van der Waals surface area contributed by atoms with E-state index in [1.165, 1.54) is 10.1 Å². The first kappa shape index (κ1) is 19.6. The molecule has 3 aromatic heterocycles. The van der Waals surface area contributed by atoms with Crippen LogP contribution >= 0.6 is 11.3 Å². The number of hydrogen-bond acceptors (Lipinski definition) is 5. The molecule has 0 spiro atoms. The van der Waals surface area contributed by atoms with Gasteiger partial charge in [0.1, 0.15) is 4.83 Å². The zero-order valence-corrected chi connectivity index (χ0v) is 18.7. The summed E-state index contributed by atoms with van der Waals surface area (Å²) in [5.74, 6) is 0.674. The van der Waals surface area contributed by atoms with E-state index >= 15 is 0 Å². The second-order valence-corrected chi connectivity index (χ2v) is 8.86. The number of thiophene rings is 1. The molecule has 4 heterocycles. The van der Waals surface area contributed by atoms with Crippen molar-refractivity contribution in [3.8, 4) is 11.3 Å². The average Bonchev–Trinajstić information content (AvgIpc) is 3.27. The van der Waals surface area contributed by atoms with E-state index in [-0.39, 0.29) is 0 Å². The summed E-state index contributed by atoms with van der Waals surface area (Å²) in [6, 6.07) is 20.7. The molecule has 33 heavy (non-hydrogen) atoms. The number of benzene rings is 2. The van der Waals surface area contributed by atoms with Crippen molar-refractivity contribution in [1.29, 1.82) is 0 Å². The molecular formula is C28H20N4S. The summed E-state index contributed by atoms with van der Waals surface area (Å²) < 4.78 is 1.21. The first-order chi connectivity index (χ1) is 16.3. The highest BCUT2D eigenvalue weighted by molar-refractivity contribution is 7.25. The van der Waals surface area contributed by atoms with E-state index in [4.69, 9.17) is 9.97 Å². The maximum Gasteiger partial charge on any atom is 0.232 e. The van der Waals surface area contributed by atoms with Crippen LogP contribution in [-0.4, -0.2) is 21.5 Å². The van der Waals surface area contributed by atoms with E-state index in [0.717, 1.165) is 38.3 Å². The van der Waals surface area contributed by atoms with Crippen LogP contribution in [0.5, 0.6) is 0 Å². The Bertz CT molecular complexity index is 1560. The van der Waals surface area contributed by atoms with Crippen LogP contribution in [0.1, 0.15) is 5.56 Å². The summed E-state index contributed by atoms with van der Waals surface area (Å²) in [5.41, 5.74) is 5.02. The fourth-order valence-electron chi connectivity index (χ4n) is 4.23. The van der Waals surface area contributed by atoms with E-state index in [0.29, 0.717) is 12.5 Å². The van der Waals surface area contributed by atoms with Gasteiger partial charge in [-0.3, -0.25) is 4.98 Å². The number of hydrogen-bond donors (Lipinski definition) is 0. The van der Waals surface area contributed by atoms with Crippen LogP contribution in [0, 0.1) is 0 Å². The highest BCUT2D eigenvalue weighted by Crippen LogP contribution is 2.40. The van der Waals surface area contributed by atoms with Crippen molar-refractivity contribution in [2.24, 2.45) is 0 Å². The van der Waals surface area contributed by atoms with Crippen LogP contribution in [0.2, 0.25) is 0 Å². The molecule has 158 valence electrons. The quantitative estimate of drug-likeness (QED) is 0.289. The van der Waals surface area contributed by atoms with Crippen LogP contribution in [0.4, 0.5) is 11.6 Å². The van der Waals surface area contributed by atoms with Gasteiger partial charge in [-0.05, 0) is 29.8 Å². The lowest BCUT2D eigenvalue weighted by atomic mass is 10.0. The molecule has 5 aromatic rings. The van der Waals surface area contributed by atoms with Gasteiger partial charge < -0.3 is 4.90 Å². The molecule has 0 bridgehead atoms.